The molecule has 3 aromatic rings. The number of esters is 1. The lowest BCUT2D eigenvalue weighted by Crippen LogP contribution is -2.09. The second-order valence-electron chi connectivity index (χ2n) is 5.01. The number of rotatable bonds is 5. The van der Waals surface area contributed by atoms with Crippen molar-refractivity contribution < 1.29 is 9.53 Å². The molecule has 0 radical (unpaired) electrons. The predicted octanol–water partition coefficient (Wildman–Crippen LogP) is 2.43. The molecule has 3 rings (SSSR count). The molecule has 2 aromatic heterocycles. The summed E-state index contributed by atoms with van der Waals surface area (Å²) in [5.74, 6) is 0.458. The lowest BCUT2D eigenvalue weighted by atomic mass is 10.1. The number of benzene rings is 1. The van der Waals surface area contributed by atoms with E-state index in [1.165, 1.54) is 7.11 Å². The fourth-order valence-electron chi connectivity index (χ4n) is 2.36. The van der Waals surface area contributed by atoms with Gasteiger partial charge in [-0.05, 0) is 22.9 Å². The van der Waals surface area contributed by atoms with Crippen LogP contribution in [0.25, 0.3) is 5.65 Å². The minimum absolute atomic E-state index is 0.129. The van der Waals surface area contributed by atoms with Gasteiger partial charge in [-0.1, -0.05) is 12.1 Å². The van der Waals surface area contributed by atoms with E-state index in [9.17, 15) is 9.70 Å². The molecular weight excluding hydrogens is 296 g/mol. The highest BCUT2D eigenvalue weighted by Crippen LogP contribution is 2.17. The number of ether oxygens (including phenoxy) is 1. The van der Waals surface area contributed by atoms with Gasteiger partial charge in [-0.3, -0.25) is 9.20 Å². The molecule has 0 aliphatic rings. The van der Waals surface area contributed by atoms with E-state index in [0.717, 1.165) is 11.4 Å². The molecule has 0 fully saturated rings. The van der Waals surface area contributed by atoms with Gasteiger partial charge in [0.25, 0.3) is 0 Å². The van der Waals surface area contributed by atoms with Gasteiger partial charge in [-0.25, -0.2) is 9.97 Å². The summed E-state index contributed by atoms with van der Waals surface area (Å²) in [4.78, 5) is 30.6. The summed E-state index contributed by atoms with van der Waals surface area (Å²) in [6.45, 7) is 0. The number of hydrogen-bond acceptors (Lipinski definition) is 6. The summed E-state index contributed by atoms with van der Waals surface area (Å²) in [5.41, 5.74) is 2.79. The molecule has 0 spiro atoms. The van der Waals surface area contributed by atoms with Crippen molar-refractivity contribution in [3.63, 3.8) is 0 Å². The average molecular weight is 310 g/mol. The monoisotopic (exact) mass is 310 g/mol. The van der Waals surface area contributed by atoms with Gasteiger partial charge in [0.15, 0.2) is 0 Å². The van der Waals surface area contributed by atoms with Crippen LogP contribution in [0, 0.1) is 4.91 Å². The van der Waals surface area contributed by atoms with Crippen molar-refractivity contribution in [1.82, 2.24) is 14.4 Å². The van der Waals surface area contributed by atoms with Crippen LogP contribution in [0.5, 0.6) is 0 Å². The maximum Gasteiger partial charge on any atom is 0.310 e. The summed E-state index contributed by atoms with van der Waals surface area (Å²) >= 11 is 0. The number of hydrogen-bond donors (Lipinski definition) is 0. The minimum atomic E-state index is -0.332. The van der Waals surface area contributed by atoms with Gasteiger partial charge in [0.05, 0.1) is 13.5 Å². The van der Waals surface area contributed by atoms with Crippen LogP contribution in [-0.2, 0) is 22.4 Å². The number of carbonyl (C=O) groups excluding carboxylic acids is 1. The quantitative estimate of drug-likeness (QED) is 0.533. The third kappa shape index (κ3) is 3.08. The smallest absolute Gasteiger partial charge is 0.310 e. The summed E-state index contributed by atoms with van der Waals surface area (Å²) in [5, 5.41) is 2.88. The summed E-state index contributed by atoms with van der Waals surface area (Å²) in [7, 11) is 1.35. The van der Waals surface area contributed by atoms with Gasteiger partial charge < -0.3 is 4.74 Å². The molecule has 7 heteroatoms. The molecule has 0 aliphatic heterocycles. The second-order valence-corrected chi connectivity index (χ2v) is 5.01. The average Bonchev–Trinajstić information content (AvgIpc) is 3.08. The normalized spacial score (nSPS) is 10.7. The largest absolute Gasteiger partial charge is 0.469 e. The Labute approximate surface area is 131 Å². The highest BCUT2D eigenvalue weighted by molar-refractivity contribution is 5.74. The van der Waals surface area contributed by atoms with Crippen LogP contribution in [0.15, 0.2) is 48.0 Å². The zero-order valence-corrected chi connectivity index (χ0v) is 12.5. The predicted molar refractivity (Wildman–Crippen MR) is 83.4 cm³/mol. The van der Waals surface area contributed by atoms with Crippen LogP contribution < -0.4 is 0 Å². The molecule has 0 aliphatic carbocycles. The van der Waals surface area contributed by atoms with Gasteiger partial charge in [0, 0.05) is 30.6 Å². The Morgan fingerprint density at radius 3 is 2.74 bits per heavy atom. The summed E-state index contributed by atoms with van der Waals surface area (Å²) < 4.78 is 6.54. The third-order valence-electron chi connectivity index (χ3n) is 3.54. The SMILES string of the molecule is COC(=O)Cc1cnc(Cc2ccc(N=O)cc2)n2ccnc12. The number of methoxy groups -OCH3 is 1. The molecule has 23 heavy (non-hydrogen) atoms. The number of carbonyl (C=O) groups is 1. The topological polar surface area (TPSA) is 85.9 Å². The Hall–Kier alpha value is -3.09. The first-order valence-electron chi connectivity index (χ1n) is 7.00. The van der Waals surface area contributed by atoms with E-state index in [2.05, 4.69) is 19.9 Å². The van der Waals surface area contributed by atoms with E-state index in [1.807, 2.05) is 16.5 Å². The molecule has 116 valence electrons. The van der Waals surface area contributed by atoms with Crippen molar-refractivity contribution in [2.75, 3.05) is 7.11 Å². The van der Waals surface area contributed by atoms with Crippen LogP contribution in [0.2, 0.25) is 0 Å². The van der Waals surface area contributed by atoms with Crippen LogP contribution in [0.4, 0.5) is 5.69 Å². The van der Waals surface area contributed by atoms with E-state index < -0.39 is 0 Å². The zero-order valence-electron chi connectivity index (χ0n) is 12.5. The number of nitroso groups, excluding NO2 is 1. The lowest BCUT2D eigenvalue weighted by molar-refractivity contribution is -0.139. The first kappa shape index (κ1) is 14.8. The molecule has 0 saturated heterocycles. The van der Waals surface area contributed by atoms with Crippen molar-refractivity contribution >= 4 is 17.3 Å². The van der Waals surface area contributed by atoms with Gasteiger partial charge in [0.2, 0.25) is 0 Å². The maximum atomic E-state index is 11.5. The van der Waals surface area contributed by atoms with Crippen LogP contribution in [0.3, 0.4) is 0 Å². The molecule has 0 amide bonds. The molecule has 0 bridgehead atoms. The zero-order chi connectivity index (χ0) is 16.2. The van der Waals surface area contributed by atoms with Crippen molar-refractivity contribution in [3.8, 4) is 0 Å². The Bertz CT molecular complexity index is 855. The fourth-order valence-corrected chi connectivity index (χ4v) is 2.36. The second kappa shape index (κ2) is 6.35. The Kier molecular flexibility index (Phi) is 4.09. The van der Waals surface area contributed by atoms with Gasteiger partial charge in [-0.15, -0.1) is 4.91 Å². The van der Waals surface area contributed by atoms with E-state index >= 15 is 0 Å². The van der Waals surface area contributed by atoms with Crippen molar-refractivity contribution in [2.45, 2.75) is 12.8 Å². The number of imidazole rings is 1. The Morgan fingerprint density at radius 1 is 1.26 bits per heavy atom. The summed E-state index contributed by atoms with van der Waals surface area (Å²) in [6.07, 6.45) is 5.82. The number of aromatic nitrogens is 3. The standard InChI is InChI=1S/C16H14N4O3/c1-23-15(21)9-12-10-18-14(20-7-6-17-16(12)20)8-11-2-4-13(19-22)5-3-11/h2-7,10H,8-9H2,1H3. The molecule has 7 nitrogen and oxygen atoms in total. The molecule has 0 unspecified atom stereocenters. The molecule has 1 aromatic carbocycles. The molecule has 0 atom stereocenters. The van der Waals surface area contributed by atoms with E-state index in [-0.39, 0.29) is 12.4 Å². The van der Waals surface area contributed by atoms with Crippen LogP contribution >= 0.6 is 0 Å². The molecule has 0 saturated carbocycles. The highest BCUT2D eigenvalue weighted by atomic mass is 16.5. The molecular formula is C16H14N4O3. The maximum absolute atomic E-state index is 11.5. The van der Waals surface area contributed by atoms with E-state index in [4.69, 9.17) is 0 Å². The van der Waals surface area contributed by atoms with Crippen LogP contribution in [-0.4, -0.2) is 27.4 Å². The fraction of sp³-hybridized carbons (Fsp3) is 0.188. The molecule has 2 heterocycles. The number of nitrogens with zero attached hydrogens (tertiary/aromatic N) is 4. The first-order valence-corrected chi connectivity index (χ1v) is 7.00. The van der Waals surface area contributed by atoms with E-state index in [0.29, 0.717) is 23.3 Å². The van der Waals surface area contributed by atoms with Crippen LogP contribution in [0.1, 0.15) is 17.0 Å². The van der Waals surface area contributed by atoms with Gasteiger partial charge >= 0.3 is 5.97 Å². The first-order chi connectivity index (χ1) is 11.2. The van der Waals surface area contributed by atoms with E-state index in [1.54, 1.807) is 30.7 Å². The van der Waals surface area contributed by atoms with Gasteiger partial charge in [-0.2, -0.15) is 0 Å². The Morgan fingerprint density at radius 2 is 2.04 bits per heavy atom. The number of fused-ring (bicyclic) bond motifs is 1. The molecule has 0 N–H and O–H groups in total. The van der Waals surface area contributed by atoms with Crippen molar-refractivity contribution in [2.24, 2.45) is 5.18 Å². The Balaban J connectivity index is 1.92. The lowest BCUT2D eigenvalue weighted by Gasteiger charge is -2.08. The summed E-state index contributed by atoms with van der Waals surface area (Å²) in [6, 6.07) is 7.01. The van der Waals surface area contributed by atoms with Crippen molar-refractivity contribution in [1.29, 1.82) is 0 Å². The van der Waals surface area contributed by atoms with Gasteiger partial charge in [0.1, 0.15) is 17.2 Å². The third-order valence-corrected chi connectivity index (χ3v) is 3.54. The minimum Gasteiger partial charge on any atom is -0.469 e. The highest BCUT2D eigenvalue weighted by Gasteiger charge is 2.12. The van der Waals surface area contributed by atoms with Crippen molar-refractivity contribution in [3.05, 3.63) is 64.7 Å².